The molecule has 3 N–H and O–H groups in total. The van der Waals surface area contributed by atoms with Gasteiger partial charge in [0.2, 0.25) is 0 Å². The van der Waals surface area contributed by atoms with Crippen molar-refractivity contribution in [1.29, 1.82) is 0 Å². The summed E-state index contributed by atoms with van der Waals surface area (Å²) >= 11 is 7.68. The zero-order valence-corrected chi connectivity index (χ0v) is 9.77. The molecule has 0 aromatic carbocycles. The van der Waals surface area contributed by atoms with Crippen molar-refractivity contribution in [3.63, 3.8) is 0 Å². The van der Waals surface area contributed by atoms with Gasteiger partial charge in [0, 0.05) is 4.88 Å². The third-order valence-corrected chi connectivity index (χ3v) is 3.83. The number of nitrogens with two attached hydrogens (primary N) is 1. The minimum Gasteiger partial charge on any atom is -0.501 e. The second-order valence-electron chi connectivity index (χ2n) is 3.40. The third-order valence-electron chi connectivity index (χ3n) is 2.41. The highest BCUT2D eigenvalue weighted by atomic mass is 35.5. The maximum Gasteiger partial charge on any atom is 0.0876 e. The standard InChI is InChI=1S/C10H13ClN2OS/c11-8-3-5-15-10(8)9(13-12)7-2-1-4-14-6-7/h3,5-6,9,13H,1-2,4,12H2. The van der Waals surface area contributed by atoms with Crippen LogP contribution in [0.2, 0.25) is 5.02 Å². The molecular formula is C10H13ClN2OS. The first kappa shape index (κ1) is 11.0. The van der Waals surface area contributed by atoms with E-state index in [2.05, 4.69) is 5.43 Å². The molecule has 0 saturated carbocycles. The van der Waals surface area contributed by atoms with Crippen LogP contribution in [0.3, 0.4) is 0 Å². The summed E-state index contributed by atoms with van der Waals surface area (Å²) in [5.41, 5.74) is 3.95. The molecule has 0 spiro atoms. The highest BCUT2D eigenvalue weighted by Crippen LogP contribution is 2.34. The summed E-state index contributed by atoms with van der Waals surface area (Å²) in [6, 6.07) is 1.87. The van der Waals surface area contributed by atoms with Crippen LogP contribution in [0, 0.1) is 0 Å². The predicted molar refractivity (Wildman–Crippen MR) is 62.7 cm³/mol. The van der Waals surface area contributed by atoms with Crippen molar-refractivity contribution in [3.8, 4) is 0 Å². The van der Waals surface area contributed by atoms with Gasteiger partial charge in [-0.25, -0.2) is 5.43 Å². The average molecular weight is 245 g/mol. The van der Waals surface area contributed by atoms with Crippen LogP contribution in [0.25, 0.3) is 0 Å². The molecule has 0 saturated heterocycles. The van der Waals surface area contributed by atoms with E-state index >= 15 is 0 Å². The first-order valence-electron chi connectivity index (χ1n) is 4.82. The van der Waals surface area contributed by atoms with Crippen LogP contribution in [0.1, 0.15) is 23.8 Å². The van der Waals surface area contributed by atoms with Gasteiger partial charge in [0.25, 0.3) is 0 Å². The van der Waals surface area contributed by atoms with Gasteiger partial charge in [0.05, 0.1) is 23.9 Å². The van der Waals surface area contributed by atoms with Gasteiger partial charge in [-0.05, 0) is 29.9 Å². The molecule has 15 heavy (non-hydrogen) atoms. The van der Waals surface area contributed by atoms with Gasteiger partial charge in [-0.3, -0.25) is 5.84 Å². The lowest BCUT2D eigenvalue weighted by atomic mass is 10.0. The van der Waals surface area contributed by atoms with Crippen LogP contribution in [-0.2, 0) is 4.74 Å². The Morgan fingerprint density at radius 2 is 2.47 bits per heavy atom. The summed E-state index contributed by atoms with van der Waals surface area (Å²) in [6.45, 7) is 0.791. The summed E-state index contributed by atoms with van der Waals surface area (Å²) in [4.78, 5) is 1.05. The van der Waals surface area contributed by atoms with E-state index in [1.807, 2.05) is 11.4 Å². The van der Waals surface area contributed by atoms with Crippen molar-refractivity contribution in [2.24, 2.45) is 5.84 Å². The van der Waals surface area contributed by atoms with Gasteiger partial charge in [0.1, 0.15) is 0 Å². The van der Waals surface area contributed by atoms with E-state index in [9.17, 15) is 0 Å². The number of thiophene rings is 1. The topological polar surface area (TPSA) is 47.3 Å². The molecule has 0 aliphatic carbocycles. The fraction of sp³-hybridized carbons (Fsp3) is 0.400. The van der Waals surface area contributed by atoms with E-state index in [4.69, 9.17) is 22.2 Å². The minimum atomic E-state index is -0.0159. The number of hydrazine groups is 1. The predicted octanol–water partition coefficient (Wildman–Crippen LogP) is 2.60. The molecule has 2 rings (SSSR count). The molecule has 0 amide bonds. The molecule has 1 atom stereocenters. The molecule has 0 fully saturated rings. The molecule has 0 bridgehead atoms. The number of rotatable bonds is 3. The van der Waals surface area contributed by atoms with Gasteiger partial charge >= 0.3 is 0 Å². The van der Waals surface area contributed by atoms with Gasteiger partial charge in [-0.15, -0.1) is 11.3 Å². The van der Waals surface area contributed by atoms with E-state index < -0.39 is 0 Å². The van der Waals surface area contributed by atoms with Crippen LogP contribution in [0.5, 0.6) is 0 Å². The summed E-state index contributed by atoms with van der Waals surface area (Å²) in [7, 11) is 0. The van der Waals surface area contributed by atoms with E-state index in [-0.39, 0.29) is 6.04 Å². The lowest BCUT2D eigenvalue weighted by Crippen LogP contribution is -2.30. The molecule has 1 aromatic heterocycles. The smallest absolute Gasteiger partial charge is 0.0876 e. The van der Waals surface area contributed by atoms with Crippen molar-refractivity contribution < 1.29 is 4.74 Å². The molecule has 3 nitrogen and oxygen atoms in total. The van der Waals surface area contributed by atoms with Crippen molar-refractivity contribution in [2.75, 3.05) is 6.61 Å². The normalized spacial score (nSPS) is 18.1. The lowest BCUT2D eigenvalue weighted by Gasteiger charge is -2.21. The van der Waals surface area contributed by atoms with Crippen molar-refractivity contribution in [2.45, 2.75) is 18.9 Å². The average Bonchev–Trinajstić information content (AvgIpc) is 2.68. The summed E-state index contributed by atoms with van der Waals surface area (Å²) in [5.74, 6) is 5.57. The Kier molecular flexibility index (Phi) is 3.64. The number of hydrogen-bond donors (Lipinski definition) is 2. The molecule has 1 aliphatic heterocycles. The zero-order chi connectivity index (χ0) is 10.7. The third kappa shape index (κ3) is 2.34. The molecule has 1 aliphatic rings. The van der Waals surface area contributed by atoms with E-state index in [0.29, 0.717) is 0 Å². The van der Waals surface area contributed by atoms with E-state index in [0.717, 1.165) is 34.9 Å². The molecule has 5 heteroatoms. The van der Waals surface area contributed by atoms with Gasteiger partial charge in [0.15, 0.2) is 0 Å². The monoisotopic (exact) mass is 244 g/mol. The molecular weight excluding hydrogens is 232 g/mol. The first-order valence-corrected chi connectivity index (χ1v) is 6.08. The molecule has 0 radical (unpaired) electrons. The quantitative estimate of drug-likeness (QED) is 0.635. The maximum absolute atomic E-state index is 6.08. The first-order chi connectivity index (χ1) is 7.33. The highest BCUT2D eigenvalue weighted by molar-refractivity contribution is 7.10. The van der Waals surface area contributed by atoms with E-state index in [1.165, 1.54) is 0 Å². The summed E-state index contributed by atoms with van der Waals surface area (Å²) in [6.07, 6.45) is 3.83. The Bertz CT molecular complexity index is 364. The number of hydrogen-bond acceptors (Lipinski definition) is 4. The minimum absolute atomic E-state index is 0.0159. The van der Waals surface area contributed by atoms with Crippen LogP contribution in [0.4, 0.5) is 0 Å². The number of ether oxygens (including phenoxy) is 1. The fourth-order valence-electron chi connectivity index (χ4n) is 1.66. The second kappa shape index (κ2) is 4.99. The van der Waals surface area contributed by atoms with Gasteiger partial charge in [-0.2, -0.15) is 0 Å². The van der Waals surface area contributed by atoms with Gasteiger partial charge < -0.3 is 4.74 Å². The Hall–Kier alpha value is -0.550. The number of nitrogens with one attached hydrogen (secondary N) is 1. The van der Waals surface area contributed by atoms with Crippen LogP contribution >= 0.6 is 22.9 Å². The molecule has 82 valence electrons. The summed E-state index contributed by atoms with van der Waals surface area (Å²) in [5, 5.41) is 2.72. The Morgan fingerprint density at radius 1 is 1.60 bits per heavy atom. The maximum atomic E-state index is 6.08. The Morgan fingerprint density at radius 3 is 3.00 bits per heavy atom. The van der Waals surface area contributed by atoms with Crippen LogP contribution < -0.4 is 11.3 Å². The highest BCUT2D eigenvalue weighted by Gasteiger charge is 2.21. The zero-order valence-electron chi connectivity index (χ0n) is 8.20. The Labute approximate surface area is 97.8 Å². The molecule has 1 aromatic rings. The molecule has 1 unspecified atom stereocenters. The Balaban J connectivity index is 2.24. The second-order valence-corrected chi connectivity index (χ2v) is 4.75. The van der Waals surface area contributed by atoms with Crippen molar-refractivity contribution in [1.82, 2.24) is 5.43 Å². The van der Waals surface area contributed by atoms with E-state index in [1.54, 1.807) is 17.6 Å². The van der Waals surface area contributed by atoms with Crippen LogP contribution in [-0.4, -0.2) is 6.61 Å². The SMILES string of the molecule is NNC(C1=COCCC1)c1sccc1Cl. The molecule has 2 heterocycles. The van der Waals surface area contributed by atoms with Crippen LogP contribution in [0.15, 0.2) is 23.3 Å². The summed E-state index contributed by atoms with van der Waals surface area (Å²) < 4.78 is 5.31. The van der Waals surface area contributed by atoms with Gasteiger partial charge in [-0.1, -0.05) is 11.6 Å². The number of halogens is 1. The fourth-order valence-corrected chi connectivity index (χ4v) is 2.93. The lowest BCUT2D eigenvalue weighted by molar-refractivity contribution is 0.219. The van der Waals surface area contributed by atoms with Crippen molar-refractivity contribution in [3.05, 3.63) is 33.2 Å². The largest absolute Gasteiger partial charge is 0.501 e. The van der Waals surface area contributed by atoms with Crippen molar-refractivity contribution >= 4 is 22.9 Å².